The number of aliphatic carboxylic acids is 1. The second-order valence-electron chi connectivity index (χ2n) is 4.71. The van der Waals surface area contributed by atoms with Crippen molar-refractivity contribution in [2.75, 3.05) is 6.54 Å². The van der Waals surface area contributed by atoms with E-state index in [1.54, 1.807) is 13.0 Å². The number of carboxylic acids is 1. The van der Waals surface area contributed by atoms with E-state index in [-0.39, 0.29) is 5.91 Å². The molecule has 0 aromatic carbocycles. The molecule has 1 unspecified atom stereocenters. The van der Waals surface area contributed by atoms with Crippen LogP contribution in [0.4, 0.5) is 0 Å². The zero-order valence-corrected chi connectivity index (χ0v) is 12.6. The Morgan fingerprint density at radius 1 is 1.56 bits per heavy atom. The number of amides is 1. The van der Waals surface area contributed by atoms with Crippen LogP contribution in [-0.4, -0.2) is 34.0 Å². The van der Waals surface area contributed by atoms with Crippen LogP contribution < -0.4 is 0 Å². The average Bonchev–Trinajstić information content (AvgIpc) is 2.84. The number of carboxylic acid groups (broad SMARTS) is 1. The third-order valence-electron chi connectivity index (χ3n) is 3.41. The van der Waals surface area contributed by atoms with Gasteiger partial charge in [-0.3, -0.25) is 4.79 Å². The number of hydrogen-bond donors (Lipinski definition) is 1. The summed E-state index contributed by atoms with van der Waals surface area (Å²) in [5.74, 6) is -1.11. The van der Waals surface area contributed by atoms with Gasteiger partial charge in [0.2, 0.25) is 0 Å². The van der Waals surface area contributed by atoms with Gasteiger partial charge in [-0.25, -0.2) is 4.79 Å². The molecular formula is C12H14BrNO3S. The monoisotopic (exact) mass is 331 g/mol. The zero-order valence-electron chi connectivity index (χ0n) is 10.2. The van der Waals surface area contributed by atoms with Crippen LogP contribution in [0, 0.1) is 6.92 Å². The van der Waals surface area contributed by atoms with Crippen LogP contribution in [0.25, 0.3) is 0 Å². The first kappa shape index (κ1) is 13.5. The van der Waals surface area contributed by atoms with Crippen molar-refractivity contribution in [3.63, 3.8) is 0 Å². The van der Waals surface area contributed by atoms with Gasteiger partial charge in [-0.1, -0.05) is 0 Å². The standard InChI is InChI=1S/C12H14BrNO3S/c1-7-6-8(18-9(7)13)10(15)14-5-3-4-12(14,2)11(16)17/h6H,3-5H2,1-2H3,(H,16,17). The summed E-state index contributed by atoms with van der Waals surface area (Å²) >= 11 is 4.74. The molecule has 18 heavy (non-hydrogen) atoms. The number of hydrogen-bond acceptors (Lipinski definition) is 3. The van der Waals surface area contributed by atoms with Crippen molar-refractivity contribution in [2.45, 2.75) is 32.2 Å². The predicted molar refractivity (Wildman–Crippen MR) is 73.1 cm³/mol. The number of rotatable bonds is 2. The quantitative estimate of drug-likeness (QED) is 0.906. The van der Waals surface area contributed by atoms with E-state index in [0.29, 0.717) is 17.8 Å². The van der Waals surface area contributed by atoms with Crippen LogP contribution in [-0.2, 0) is 4.79 Å². The number of aryl methyl sites for hydroxylation is 1. The van der Waals surface area contributed by atoms with E-state index in [0.717, 1.165) is 15.8 Å². The maximum Gasteiger partial charge on any atom is 0.329 e. The smallest absolute Gasteiger partial charge is 0.329 e. The molecule has 2 heterocycles. The Labute approximate surface area is 118 Å². The van der Waals surface area contributed by atoms with Crippen LogP contribution >= 0.6 is 27.3 Å². The molecule has 1 aliphatic heterocycles. The van der Waals surface area contributed by atoms with E-state index in [1.807, 2.05) is 6.92 Å². The molecule has 1 fully saturated rings. The van der Waals surface area contributed by atoms with E-state index in [2.05, 4.69) is 15.9 Å². The molecule has 1 aromatic rings. The normalized spacial score (nSPS) is 23.4. The fourth-order valence-electron chi connectivity index (χ4n) is 2.21. The molecule has 0 bridgehead atoms. The number of carbonyl (C=O) groups excluding carboxylic acids is 1. The van der Waals surface area contributed by atoms with E-state index in [1.165, 1.54) is 16.2 Å². The first-order valence-corrected chi connectivity index (χ1v) is 7.28. The van der Waals surface area contributed by atoms with Gasteiger partial charge in [0.25, 0.3) is 5.91 Å². The highest BCUT2D eigenvalue weighted by Crippen LogP contribution is 2.34. The van der Waals surface area contributed by atoms with Gasteiger partial charge in [0, 0.05) is 6.54 Å². The lowest BCUT2D eigenvalue weighted by molar-refractivity contribution is -0.147. The summed E-state index contributed by atoms with van der Waals surface area (Å²) in [6, 6.07) is 1.80. The van der Waals surface area contributed by atoms with E-state index >= 15 is 0 Å². The maximum atomic E-state index is 12.4. The van der Waals surface area contributed by atoms with Crippen LogP contribution in [0.15, 0.2) is 9.85 Å². The Morgan fingerprint density at radius 2 is 2.22 bits per heavy atom. The Bertz CT molecular complexity index is 494. The molecule has 6 heteroatoms. The maximum absolute atomic E-state index is 12.4. The second-order valence-corrected chi connectivity index (χ2v) is 7.08. The highest BCUT2D eigenvalue weighted by atomic mass is 79.9. The van der Waals surface area contributed by atoms with E-state index < -0.39 is 11.5 Å². The number of carbonyl (C=O) groups is 2. The molecule has 2 rings (SSSR count). The molecule has 1 amide bonds. The molecule has 1 saturated heterocycles. The van der Waals surface area contributed by atoms with Crippen LogP contribution in [0.3, 0.4) is 0 Å². The largest absolute Gasteiger partial charge is 0.480 e. The number of nitrogens with zero attached hydrogens (tertiary/aromatic N) is 1. The van der Waals surface area contributed by atoms with Crippen molar-refractivity contribution in [3.05, 3.63) is 20.3 Å². The summed E-state index contributed by atoms with van der Waals surface area (Å²) in [4.78, 5) is 25.8. The minimum Gasteiger partial charge on any atom is -0.480 e. The molecular weight excluding hydrogens is 318 g/mol. The summed E-state index contributed by atoms with van der Waals surface area (Å²) in [7, 11) is 0. The molecule has 1 aliphatic rings. The Hall–Kier alpha value is -0.880. The SMILES string of the molecule is Cc1cc(C(=O)N2CCCC2(C)C(=O)O)sc1Br. The third-order valence-corrected chi connectivity index (χ3v) is 5.54. The van der Waals surface area contributed by atoms with Gasteiger partial charge >= 0.3 is 5.97 Å². The van der Waals surface area contributed by atoms with Crippen molar-refractivity contribution in [1.82, 2.24) is 4.90 Å². The molecule has 1 atom stereocenters. The molecule has 1 N–H and O–H groups in total. The molecule has 0 spiro atoms. The van der Waals surface area contributed by atoms with Gasteiger partial charge in [0.05, 0.1) is 8.66 Å². The lowest BCUT2D eigenvalue weighted by atomic mass is 9.99. The van der Waals surface area contributed by atoms with Gasteiger partial charge in [-0.2, -0.15) is 0 Å². The van der Waals surface area contributed by atoms with Crippen LogP contribution in [0.5, 0.6) is 0 Å². The summed E-state index contributed by atoms with van der Waals surface area (Å²) < 4.78 is 0.919. The highest BCUT2D eigenvalue weighted by Gasteiger charge is 2.46. The fourth-order valence-corrected chi connectivity index (χ4v) is 3.69. The molecule has 0 radical (unpaired) electrons. The van der Waals surface area contributed by atoms with Gasteiger partial charge in [0.1, 0.15) is 5.54 Å². The van der Waals surface area contributed by atoms with Gasteiger partial charge < -0.3 is 10.0 Å². The van der Waals surface area contributed by atoms with Crippen molar-refractivity contribution < 1.29 is 14.7 Å². The van der Waals surface area contributed by atoms with Crippen LogP contribution in [0.2, 0.25) is 0 Å². The first-order valence-electron chi connectivity index (χ1n) is 5.67. The average molecular weight is 332 g/mol. The lowest BCUT2D eigenvalue weighted by Crippen LogP contribution is -2.50. The van der Waals surface area contributed by atoms with Crippen molar-refractivity contribution in [1.29, 1.82) is 0 Å². The summed E-state index contributed by atoms with van der Waals surface area (Å²) in [5.41, 5.74) is -0.0684. The molecule has 0 saturated carbocycles. The fraction of sp³-hybridized carbons (Fsp3) is 0.500. The number of halogens is 1. The van der Waals surface area contributed by atoms with E-state index in [9.17, 15) is 14.7 Å². The van der Waals surface area contributed by atoms with Gasteiger partial charge in [0.15, 0.2) is 0 Å². The highest BCUT2D eigenvalue weighted by molar-refractivity contribution is 9.11. The molecule has 98 valence electrons. The Morgan fingerprint density at radius 3 is 2.72 bits per heavy atom. The van der Waals surface area contributed by atoms with Crippen molar-refractivity contribution >= 4 is 39.1 Å². The number of likely N-dealkylation sites (tertiary alicyclic amines) is 1. The van der Waals surface area contributed by atoms with Crippen LogP contribution in [0.1, 0.15) is 35.0 Å². The zero-order chi connectivity index (χ0) is 13.5. The van der Waals surface area contributed by atoms with Crippen molar-refractivity contribution in [2.24, 2.45) is 0 Å². The third kappa shape index (κ3) is 2.07. The Balaban J connectivity index is 2.31. The lowest BCUT2D eigenvalue weighted by Gasteiger charge is -2.30. The minimum absolute atomic E-state index is 0.184. The summed E-state index contributed by atoms with van der Waals surface area (Å²) in [5, 5.41) is 9.30. The summed E-state index contributed by atoms with van der Waals surface area (Å²) in [6.07, 6.45) is 1.25. The van der Waals surface area contributed by atoms with Gasteiger partial charge in [-0.05, 0) is 54.2 Å². The molecule has 1 aromatic heterocycles. The minimum atomic E-state index is -1.07. The summed E-state index contributed by atoms with van der Waals surface area (Å²) in [6.45, 7) is 4.05. The Kier molecular flexibility index (Phi) is 3.51. The second kappa shape index (κ2) is 4.66. The molecule has 4 nitrogen and oxygen atoms in total. The molecule has 0 aliphatic carbocycles. The first-order chi connectivity index (χ1) is 8.36. The van der Waals surface area contributed by atoms with Crippen molar-refractivity contribution in [3.8, 4) is 0 Å². The van der Waals surface area contributed by atoms with Gasteiger partial charge in [-0.15, -0.1) is 11.3 Å². The van der Waals surface area contributed by atoms with E-state index in [4.69, 9.17) is 0 Å². The number of thiophene rings is 1. The predicted octanol–water partition coefficient (Wildman–Crippen LogP) is 2.90. The topological polar surface area (TPSA) is 57.6 Å².